The molecule has 0 aromatic rings. The lowest BCUT2D eigenvalue weighted by atomic mass is 9.68. The summed E-state index contributed by atoms with van der Waals surface area (Å²) in [6.07, 6.45) is -4.23. The van der Waals surface area contributed by atoms with Gasteiger partial charge in [-0.1, -0.05) is 34.6 Å². The van der Waals surface area contributed by atoms with E-state index in [-0.39, 0.29) is 44.9 Å². The molecule has 3 amide bonds. The first-order chi connectivity index (χ1) is 14.7. The largest absolute Gasteiger partial charge is 0.396 e. The monoisotopic (exact) mass is 461 g/mol. The summed E-state index contributed by atoms with van der Waals surface area (Å²) in [7, 11) is 0. The van der Waals surface area contributed by atoms with E-state index in [2.05, 4.69) is 16.0 Å². The van der Waals surface area contributed by atoms with E-state index in [1.165, 1.54) is 0 Å². The van der Waals surface area contributed by atoms with Crippen LogP contribution in [-0.2, 0) is 19.2 Å². The van der Waals surface area contributed by atoms with Gasteiger partial charge in [-0.2, -0.15) is 0 Å². The SMILES string of the molecule is CC(C)(C)C(C)(C)C(=O)NC(CCC(=O)NCC(O)C(O)C(O)CCO)C(=O)NCC=O. The fourth-order valence-corrected chi connectivity index (χ4v) is 2.48. The van der Waals surface area contributed by atoms with Crippen LogP contribution in [0.15, 0.2) is 0 Å². The fourth-order valence-electron chi connectivity index (χ4n) is 2.48. The van der Waals surface area contributed by atoms with Gasteiger partial charge in [0.15, 0.2) is 0 Å². The van der Waals surface area contributed by atoms with Crippen molar-refractivity contribution in [2.24, 2.45) is 10.8 Å². The van der Waals surface area contributed by atoms with Crippen LogP contribution in [0.3, 0.4) is 0 Å². The topological polar surface area (TPSA) is 185 Å². The molecule has 0 saturated heterocycles. The van der Waals surface area contributed by atoms with Crippen molar-refractivity contribution in [1.82, 2.24) is 16.0 Å². The number of aliphatic hydroxyl groups excluding tert-OH is 4. The maximum absolute atomic E-state index is 12.8. The molecule has 0 aliphatic rings. The van der Waals surface area contributed by atoms with E-state index in [4.69, 9.17) is 5.11 Å². The number of hydrogen-bond donors (Lipinski definition) is 7. The number of amides is 3. The van der Waals surface area contributed by atoms with Gasteiger partial charge < -0.3 is 41.2 Å². The molecule has 0 aromatic carbocycles. The predicted octanol–water partition coefficient (Wildman–Crippen LogP) is -1.78. The Kier molecular flexibility index (Phi) is 12.6. The molecule has 0 aliphatic heterocycles. The second-order valence-electron chi connectivity index (χ2n) is 9.29. The van der Waals surface area contributed by atoms with Crippen molar-refractivity contribution in [2.75, 3.05) is 19.7 Å². The van der Waals surface area contributed by atoms with Gasteiger partial charge in [0, 0.05) is 25.0 Å². The van der Waals surface area contributed by atoms with Crippen molar-refractivity contribution >= 4 is 24.0 Å². The number of aliphatic hydroxyl groups is 4. The van der Waals surface area contributed by atoms with E-state index >= 15 is 0 Å². The summed E-state index contributed by atoms with van der Waals surface area (Å²) >= 11 is 0. The van der Waals surface area contributed by atoms with E-state index in [0.717, 1.165) is 0 Å². The second-order valence-corrected chi connectivity index (χ2v) is 9.29. The molecule has 0 fully saturated rings. The van der Waals surface area contributed by atoms with Gasteiger partial charge in [-0.15, -0.1) is 0 Å². The molecule has 32 heavy (non-hydrogen) atoms. The van der Waals surface area contributed by atoms with Crippen LogP contribution in [0.25, 0.3) is 0 Å². The van der Waals surface area contributed by atoms with E-state index in [1.807, 2.05) is 20.8 Å². The van der Waals surface area contributed by atoms with Crippen molar-refractivity contribution in [3.05, 3.63) is 0 Å². The van der Waals surface area contributed by atoms with Crippen LogP contribution in [0.2, 0.25) is 0 Å². The third-order valence-electron chi connectivity index (χ3n) is 5.81. The second kappa shape index (κ2) is 13.5. The van der Waals surface area contributed by atoms with Gasteiger partial charge in [0.25, 0.3) is 0 Å². The van der Waals surface area contributed by atoms with Crippen LogP contribution in [-0.4, -0.2) is 88.5 Å². The van der Waals surface area contributed by atoms with Gasteiger partial charge in [-0.25, -0.2) is 0 Å². The Morgan fingerprint density at radius 1 is 0.938 bits per heavy atom. The van der Waals surface area contributed by atoms with Gasteiger partial charge in [0.05, 0.1) is 18.8 Å². The van der Waals surface area contributed by atoms with E-state index in [9.17, 15) is 34.5 Å². The number of hydrogen-bond acceptors (Lipinski definition) is 8. The first-order valence-corrected chi connectivity index (χ1v) is 10.6. The minimum absolute atomic E-state index is 0.0612. The van der Waals surface area contributed by atoms with Gasteiger partial charge in [-0.05, 0) is 18.3 Å². The summed E-state index contributed by atoms with van der Waals surface area (Å²) in [6.45, 7) is 8.19. The predicted molar refractivity (Wildman–Crippen MR) is 116 cm³/mol. The van der Waals surface area contributed by atoms with E-state index in [0.29, 0.717) is 6.29 Å². The average Bonchev–Trinajstić information content (AvgIpc) is 2.71. The molecule has 4 unspecified atom stereocenters. The Morgan fingerprint density at radius 2 is 1.53 bits per heavy atom. The van der Waals surface area contributed by atoms with Gasteiger partial charge in [0.1, 0.15) is 18.4 Å². The van der Waals surface area contributed by atoms with Crippen LogP contribution in [0, 0.1) is 10.8 Å². The average molecular weight is 462 g/mol. The third-order valence-corrected chi connectivity index (χ3v) is 5.81. The normalized spacial score (nSPS) is 15.8. The van der Waals surface area contributed by atoms with E-state index < -0.39 is 47.0 Å². The molecule has 7 N–H and O–H groups in total. The molecular formula is C21H39N3O8. The van der Waals surface area contributed by atoms with Crippen molar-refractivity contribution in [3.63, 3.8) is 0 Å². The Morgan fingerprint density at radius 3 is 2.03 bits per heavy atom. The van der Waals surface area contributed by atoms with Crippen molar-refractivity contribution in [2.45, 2.75) is 78.2 Å². The highest BCUT2D eigenvalue weighted by Gasteiger charge is 2.41. The Labute approximate surface area is 189 Å². The molecular weight excluding hydrogens is 422 g/mol. The Bertz CT molecular complexity index is 633. The van der Waals surface area contributed by atoms with Gasteiger partial charge in [0.2, 0.25) is 17.7 Å². The standard InChI is InChI=1S/C21H39N3O8/c1-20(2,3)21(4,5)19(32)24-13(18(31)22-9-11-26)6-7-16(29)23-12-15(28)17(30)14(27)8-10-25/h11,13-15,17,25,27-28,30H,6-10,12H2,1-5H3,(H,22,31)(H,23,29)(H,24,32). The number of nitrogens with one attached hydrogen (secondary N) is 3. The van der Waals surface area contributed by atoms with Gasteiger partial charge >= 0.3 is 0 Å². The lowest BCUT2D eigenvalue weighted by Gasteiger charge is -2.38. The highest BCUT2D eigenvalue weighted by molar-refractivity contribution is 5.91. The smallest absolute Gasteiger partial charge is 0.242 e. The summed E-state index contributed by atoms with van der Waals surface area (Å²) in [5.74, 6) is -1.54. The summed E-state index contributed by atoms with van der Waals surface area (Å²) in [6, 6.07) is -1.06. The lowest BCUT2D eigenvalue weighted by molar-refractivity contribution is -0.139. The summed E-state index contributed by atoms with van der Waals surface area (Å²) < 4.78 is 0. The zero-order chi connectivity index (χ0) is 25.1. The molecule has 0 spiro atoms. The zero-order valence-corrected chi connectivity index (χ0v) is 19.6. The summed E-state index contributed by atoms with van der Waals surface area (Å²) in [5, 5.41) is 45.3. The molecule has 11 heteroatoms. The van der Waals surface area contributed by atoms with Crippen LogP contribution in [0.1, 0.15) is 53.9 Å². The molecule has 0 heterocycles. The molecule has 0 bridgehead atoms. The maximum Gasteiger partial charge on any atom is 0.242 e. The number of rotatable bonds is 14. The van der Waals surface area contributed by atoms with Gasteiger partial charge in [-0.3, -0.25) is 14.4 Å². The summed E-state index contributed by atoms with van der Waals surface area (Å²) in [4.78, 5) is 47.9. The fraction of sp³-hybridized carbons (Fsp3) is 0.810. The molecule has 0 aliphatic carbocycles. The van der Waals surface area contributed by atoms with Crippen LogP contribution >= 0.6 is 0 Å². The maximum atomic E-state index is 12.8. The molecule has 0 radical (unpaired) electrons. The van der Waals surface area contributed by atoms with Crippen molar-refractivity contribution < 1.29 is 39.6 Å². The Hall–Kier alpha value is -2.08. The van der Waals surface area contributed by atoms with Crippen LogP contribution in [0.5, 0.6) is 0 Å². The molecule has 11 nitrogen and oxygen atoms in total. The molecule has 186 valence electrons. The zero-order valence-electron chi connectivity index (χ0n) is 19.6. The highest BCUT2D eigenvalue weighted by atomic mass is 16.4. The first kappa shape index (κ1) is 29.9. The van der Waals surface area contributed by atoms with Crippen molar-refractivity contribution in [3.8, 4) is 0 Å². The summed E-state index contributed by atoms with van der Waals surface area (Å²) in [5.41, 5.74) is -1.23. The minimum Gasteiger partial charge on any atom is -0.396 e. The number of carbonyl (C=O) groups is 4. The molecule has 4 atom stereocenters. The number of carbonyl (C=O) groups excluding carboxylic acids is 4. The van der Waals surface area contributed by atoms with E-state index in [1.54, 1.807) is 13.8 Å². The quantitative estimate of drug-likeness (QED) is 0.148. The minimum atomic E-state index is -1.55. The molecule has 0 saturated carbocycles. The molecule has 0 rings (SSSR count). The van der Waals surface area contributed by atoms with Crippen LogP contribution < -0.4 is 16.0 Å². The third kappa shape index (κ3) is 9.60. The van der Waals surface area contributed by atoms with Crippen molar-refractivity contribution in [1.29, 1.82) is 0 Å². The first-order valence-electron chi connectivity index (χ1n) is 10.6. The highest BCUT2D eigenvalue weighted by Crippen LogP contribution is 2.38. The lowest BCUT2D eigenvalue weighted by Crippen LogP contribution is -2.53. The number of aldehydes is 1. The van der Waals surface area contributed by atoms with Crippen LogP contribution in [0.4, 0.5) is 0 Å². The Balaban J connectivity index is 4.97. The molecule has 0 aromatic heterocycles.